The Morgan fingerprint density at radius 1 is 1.22 bits per heavy atom. The molecule has 1 rings (SSSR count). The molecule has 0 fully saturated rings. The van der Waals surface area contributed by atoms with Gasteiger partial charge in [-0.2, -0.15) is 0 Å². The molecule has 1 radical (unpaired) electrons. The molecule has 0 heterocycles. The molecule has 0 atom stereocenters. The Kier molecular flexibility index (Phi) is 1.85. The van der Waals surface area contributed by atoms with Crippen LogP contribution in [0.3, 0.4) is 0 Å². The predicted molar refractivity (Wildman–Crippen MR) is 34.8 cm³/mol. The standard InChI is InChI=1S/C7H6NO/c9-8-6-7-4-2-1-3-5-7/h1-5,9H. The van der Waals surface area contributed by atoms with Crippen molar-refractivity contribution >= 4 is 6.21 Å². The van der Waals surface area contributed by atoms with E-state index in [-0.39, 0.29) is 0 Å². The highest BCUT2D eigenvalue weighted by atomic mass is 16.4. The first-order valence-electron chi connectivity index (χ1n) is 2.58. The van der Waals surface area contributed by atoms with Gasteiger partial charge >= 0.3 is 0 Å². The van der Waals surface area contributed by atoms with Crippen molar-refractivity contribution in [3.8, 4) is 0 Å². The van der Waals surface area contributed by atoms with Crippen molar-refractivity contribution < 1.29 is 5.21 Å². The molecular weight excluding hydrogens is 114 g/mol. The Hall–Kier alpha value is -1.31. The van der Waals surface area contributed by atoms with Gasteiger partial charge in [-0.15, -0.1) is 0 Å². The van der Waals surface area contributed by atoms with Gasteiger partial charge in [0.25, 0.3) is 0 Å². The number of hydrogen-bond donors (Lipinski definition) is 1. The molecule has 2 nitrogen and oxygen atoms in total. The zero-order chi connectivity index (χ0) is 6.53. The molecule has 0 aliphatic heterocycles. The van der Waals surface area contributed by atoms with E-state index in [4.69, 9.17) is 5.21 Å². The second-order valence-electron chi connectivity index (χ2n) is 1.58. The van der Waals surface area contributed by atoms with E-state index in [1.54, 1.807) is 12.1 Å². The van der Waals surface area contributed by atoms with Crippen molar-refractivity contribution in [3.63, 3.8) is 0 Å². The molecule has 0 spiro atoms. The van der Waals surface area contributed by atoms with E-state index in [9.17, 15) is 0 Å². The first-order chi connectivity index (χ1) is 4.43. The molecule has 2 heteroatoms. The van der Waals surface area contributed by atoms with Crippen molar-refractivity contribution in [1.82, 2.24) is 0 Å². The van der Waals surface area contributed by atoms with E-state index in [1.807, 2.05) is 18.2 Å². The van der Waals surface area contributed by atoms with E-state index in [0.717, 1.165) is 5.56 Å². The summed E-state index contributed by atoms with van der Waals surface area (Å²) in [5.41, 5.74) is 0.778. The van der Waals surface area contributed by atoms with Crippen LogP contribution in [0.25, 0.3) is 0 Å². The predicted octanol–water partition coefficient (Wildman–Crippen LogP) is 1.37. The molecule has 0 aliphatic rings. The molecule has 0 aromatic heterocycles. The molecule has 0 bridgehead atoms. The molecule has 45 valence electrons. The van der Waals surface area contributed by atoms with Gasteiger partial charge in [0.15, 0.2) is 0 Å². The quantitative estimate of drug-likeness (QED) is 0.339. The van der Waals surface area contributed by atoms with Crippen molar-refractivity contribution in [2.75, 3.05) is 0 Å². The zero-order valence-electron chi connectivity index (χ0n) is 4.78. The highest BCUT2D eigenvalue weighted by molar-refractivity contribution is 5.78. The van der Waals surface area contributed by atoms with Crippen LogP contribution < -0.4 is 0 Å². The van der Waals surface area contributed by atoms with Gasteiger partial charge in [0, 0.05) is 5.56 Å². The zero-order valence-corrected chi connectivity index (χ0v) is 4.78. The molecule has 9 heavy (non-hydrogen) atoms. The van der Waals surface area contributed by atoms with Gasteiger partial charge < -0.3 is 5.21 Å². The molecule has 0 unspecified atom stereocenters. The van der Waals surface area contributed by atoms with Crippen molar-refractivity contribution in [2.24, 2.45) is 5.16 Å². The summed E-state index contributed by atoms with van der Waals surface area (Å²) >= 11 is 0. The van der Waals surface area contributed by atoms with E-state index >= 15 is 0 Å². The van der Waals surface area contributed by atoms with Gasteiger partial charge in [-0.25, -0.2) is 0 Å². The molecule has 1 N–H and O–H groups in total. The van der Waals surface area contributed by atoms with Crippen LogP contribution >= 0.6 is 0 Å². The summed E-state index contributed by atoms with van der Waals surface area (Å²) in [5.74, 6) is 0. The van der Waals surface area contributed by atoms with E-state index in [0.29, 0.717) is 0 Å². The minimum atomic E-state index is 0.778. The fourth-order valence-corrected chi connectivity index (χ4v) is 0.570. The normalized spacial score (nSPS) is 10.2. The summed E-state index contributed by atoms with van der Waals surface area (Å²) in [5, 5.41) is 10.8. The van der Waals surface area contributed by atoms with Crippen LogP contribution in [-0.4, -0.2) is 11.4 Å². The van der Waals surface area contributed by atoms with Gasteiger partial charge in [-0.1, -0.05) is 35.5 Å². The minimum absolute atomic E-state index is 0.778. The maximum absolute atomic E-state index is 8.03. The number of nitrogens with zero attached hydrogens (tertiary/aromatic N) is 1. The highest BCUT2D eigenvalue weighted by Crippen LogP contribution is 1.92. The minimum Gasteiger partial charge on any atom is -0.410 e. The van der Waals surface area contributed by atoms with Crippen molar-refractivity contribution in [1.29, 1.82) is 0 Å². The molecule has 1 aromatic rings. The van der Waals surface area contributed by atoms with Crippen LogP contribution in [0, 0.1) is 0 Å². The molecule has 0 saturated heterocycles. The maximum atomic E-state index is 8.03. The number of hydrogen-bond acceptors (Lipinski definition) is 2. The van der Waals surface area contributed by atoms with Gasteiger partial charge in [-0.05, 0) is 0 Å². The van der Waals surface area contributed by atoms with Crippen molar-refractivity contribution in [3.05, 3.63) is 35.9 Å². The Morgan fingerprint density at radius 2 is 1.89 bits per heavy atom. The lowest BCUT2D eigenvalue weighted by Crippen LogP contribution is -1.76. The van der Waals surface area contributed by atoms with Crippen LogP contribution in [0.1, 0.15) is 5.56 Å². The van der Waals surface area contributed by atoms with Crippen LogP contribution in [-0.2, 0) is 0 Å². The first-order valence-corrected chi connectivity index (χ1v) is 2.58. The van der Waals surface area contributed by atoms with Crippen LogP contribution in [0.5, 0.6) is 0 Å². The number of benzene rings is 1. The Morgan fingerprint density at radius 3 is 2.44 bits per heavy atom. The number of rotatable bonds is 1. The molecule has 0 aliphatic carbocycles. The van der Waals surface area contributed by atoms with Crippen LogP contribution in [0.4, 0.5) is 0 Å². The monoisotopic (exact) mass is 120 g/mol. The second-order valence-corrected chi connectivity index (χ2v) is 1.58. The lowest BCUT2D eigenvalue weighted by atomic mass is 10.2. The third-order valence-electron chi connectivity index (χ3n) is 0.953. The lowest BCUT2D eigenvalue weighted by Gasteiger charge is -1.84. The smallest absolute Gasteiger partial charge is 0.139 e. The highest BCUT2D eigenvalue weighted by Gasteiger charge is 1.81. The van der Waals surface area contributed by atoms with Gasteiger partial charge in [-0.3, -0.25) is 0 Å². The molecule has 1 aromatic carbocycles. The molecular formula is C7H6NO. The lowest BCUT2D eigenvalue weighted by molar-refractivity contribution is 0.322. The average Bonchev–Trinajstić information content (AvgIpc) is 1.91. The Balaban J connectivity index is 2.85. The van der Waals surface area contributed by atoms with E-state index < -0.39 is 0 Å². The Bertz CT molecular complexity index is 193. The topological polar surface area (TPSA) is 32.6 Å². The first kappa shape index (κ1) is 5.82. The fraction of sp³-hybridized carbons (Fsp3) is 0. The third kappa shape index (κ3) is 1.57. The summed E-state index contributed by atoms with van der Waals surface area (Å²) in [6, 6.07) is 9.21. The fourth-order valence-electron chi connectivity index (χ4n) is 0.570. The summed E-state index contributed by atoms with van der Waals surface area (Å²) in [4.78, 5) is 0. The van der Waals surface area contributed by atoms with Gasteiger partial charge in [0.05, 0.1) is 0 Å². The second kappa shape index (κ2) is 2.87. The van der Waals surface area contributed by atoms with Crippen molar-refractivity contribution in [2.45, 2.75) is 0 Å². The molecule has 0 amide bonds. The van der Waals surface area contributed by atoms with Gasteiger partial charge in [0.1, 0.15) is 6.21 Å². The summed E-state index contributed by atoms with van der Waals surface area (Å²) in [6.45, 7) is 0. The largest absolute Gasteiger partial charge is 0.410 e. The van der Waals surface area contributed by atoms with E-state index in [2.05, 4.69) is 11.4 Å². The van der Waals surface area contributed by atoms with Crippen LogP contribution in [0.2, 0.25) is 0 Å². The molecule has 0 saturated carbocycles. The van der Waals surface area contributed by atoms with E-state index in [1.165, 1.54) is 0 Å². The van der Waals surface area contributed by atoms with Crippen LogP contribution in [0.15, 0.2) is 35.5 Å². The summed E-state index contributed by atoms with van der Waals surface area (Å²) in [6.07, 6.45) is 2.39. The maximum Gasteiger partial charge on any atom is 0.139 e. The summed E-state index contributed by atoms with van der Waals surface area (Å²) < 4.78 is 0. The van der Waals surface area contributed by atoms with Gasteiger partial charge in [0.2, 0.25) is 0 Å². The Labute approximate surface area is 53.4 Å². The summed E-state index contributed by atoms with van der Waals surface area (Å²) in [7, 11) is 0. The SMILES string of the molecule is O/N=[C]/c1ccccc1. The third-order valence-corrected chi connectivity index (χ3v) is 0.953. The average molecular weight is 120 g/mol.